The molecule has 0 saturated heterocycles. The van der Waals surface area contributed by atoms with E-state index in [2.05, 4.69) is 59.5 Å². The number of hydrogen-bond donors (Lipinski definition) is 0. The molecule has 0 aliphatic heterocycles. The van der Waals surface area contributed by atoms with Crippen LogP contribution in [0.3, 0.4) is 0 Å². The molecule has 0 atom stereocenters. The van der Waals surface area contributed by atoms with E-state index in [0.29, 0.717) is 5.92 Å². The van der Waals surface area contributed by atoms with Crippen LogP contribution < -0.4 is 0 Å². The molecule has 0 unspecified atom stereocenters. The number of fused-ring (bicyclic) bond motifs is 1. The van der Waals surface area contributed by atoms with Gasteiger partial charge in [0.15, 0.2) is 5.82 Å². The van der Waals surface area contributed by atoms with Crippen LogP contribution in [0.25, 0.3) is 4.96 Å². The van der Waals surface area contributed by atoms with Crippen molar-refractivity contribution in [3.8, 4) is 0 Å². The minimum absolute atomic E-state index is 0.621. The van der Waals surface area contributed by atoms with Crippen LogP contribution in [0.2, 0.25) is 0 Å². The topological polar surface area (TPSA) is 43.1 Å². The van der Waals surface area contributed by atoms with Crippen molar-refractivity contribution >= 4 is 16.3 Å². The molecular weight excluding hydrogens is 280 g/mol. The number of hydrogen-bond acceptors (Lipinski definition) is 4. The summed E-state index contributed by atoms with van der Waals surface area (Å²) in [5.41, 5.74) is 1.37. The van der Waals surface area contributed by atoms with E-state index in [1.165, 1.54) is 5.56 Å². The molecule has 3 aromatic rings. The van der Waals surface area contributed by atoms with Gasteiger partial charge in [-0.05, 0) is 24.3 Å². The molecule has 0 aliphatic carbocycles. The second-order valence-electron chi connectivity index (χ2n) is 5.74. The van der Waals surface area contributed by atoms with Crippen LogP contribution in [0.4, 0.5) is 0 Å². The Balaban J connectivity index is 1.65. The van der Waals surface area contributed by atoms with Crippen molar-refractivity contribution < 1.29 is 0 Å². The molecule has 0 spiro atoms. The van der Waals surface area contributed by atoms with Crippen molar-refractivity contribution in [1.82, 2.24) is 19.8 Å². The van der Waals surface area contributed by atoms with E-state index < -0.39 is 0 Å². The predicted octanol–water partition coefficient (Wildman–Crippen LogP) is 3.56. The van der Waals surface area contributed by atoms with E-state index in [1.54, 1.807) is 11.3 Å². The molecule has 0 aliphatic rings. The maximum absolute atomic E-state index is 4.65. The first-order valence-electron chi connectivity index (χ1n) is 7.46. The van der Waals surface area contributed by atoms with E-state index in [0.717, 1.165) is 41.5 Å². The predicted molar refractivity (Wildman–Crippen MR) is 85.7 cm³/mol. The zero-order valence-corrected chi connectivity index (χ0v) is 13.3. The normalized spacial score (nSPS) is 11.6. The third kappa shape index (κ3) is 3.47. The Morgan fingerprint density at radius 2 is 1.90 bits per heavy atom. The standard InChI is InChI=1S/C16H20N4S/c1-12(2)11-15-19-20-14(17-18-16(20)21-15)10-6-9-13-7-4-3-5-8-13/h3-5,7-8,12H,6,9-11H2,1-2H3. The molecule has 2 heterocycles. The highest BCUT2D eigenvalue weighted by Crippen LogP contribution is 2.18. The Morgan fingerprint density at radius 3 is 2.67 bits per heavy atom. The van der Waals surface area contributed by atoms with E-state index in [1.807, 2.05) is 4.52 Å². The molecule has 3 rings (SSSR count). The van der Waals surface area contributed by atoms with Gasteiger partial charge in [-0.1, -0.05) is 55.5 Å². The highest BCUT2D eigenvalue weighted by atomic mass is 32.1. The largest absolute Gasteiger partial charge is 0.234 e. The van der Waals surface area contributed by atoms with Gasteiger partial charge in [0.05, 0.1) is 0 Å². The smallest absolute Gasteiger partial charge is 0.187 e. The first-order chi connectivity index (χ1) is 10.2. The van der Waals surface area contributed by atoms with Crippen LogP contribution in [0.15, 0.2) is 30.3 Å². The maximum atomic E-state index is 4.65. The van der Waals surface area contributed by atoms with Gasteiger partial charge >= 0.3 is 0 Å². The number of rotatable bonds is 6. The summed E-state index contributed by atoms with van der Waals surface area (Å²) in [7, 11) is 0. The highest BCUT2D eigenvalue weighted by Gasteiger charge is 2.12. The first kappa shape index (κ1) is 14.2. The summed E-state index contributed by atoms with van der Waals surface area (Å²) in [6.07, 6.45) is 4.07. The van der Waals surface area contributed by atoms with Crippen molar-refractivity contribution in [3.63, 3.8) is 0 Å². The molecule has 1 aromatic carbocycles. The second-order valence-corrected chi connectivity index (χ2v) is 6.78. The molecule has 0 fully saturated rings. The lowest BCUT2D eigenvalue weighted by molar-refractivity contribution is 0.632. The quantitative estimate of drug-likeness (QED) is 0.699. The van der Waals surface area contributed by atoms with Gasteiger partial charge in [-0.15, -0.1) is 10.2 Å². The lowest BCUT2D eigenvalue weighted by atomic mass is 10.1. The molecule has 0 N–H and O–H groups in total. The van der Waals surface area contributed by atoms with Crippen LogP contribution in [-0.4, -0.2) is 19.8 Å². The Labute approximate surface area is 128 Å². The van der Waals surface area contributed by atoms with Crippen molar-refractivity contribution in [1.29, 1.82) is 0 Å². The summed E-state index contributed by atoms with van der Waals surface area (Å²) in [6.45, 7) is 4.42. The van der Waals surface area contributed by atoms with Crippen LogP contribution in [-0.2, 0) is 19.3 Å². The fourth-order valence-electron chi connectivity index (χ4n) is 2.38. The zero-order valence-electron chi connectivity index (χ0n) is 12.5. The molecule has 0 saturated carbocycles. The van der Waals surface area contributed by atoms with Crippen molar-refractivity contribution in [2.75, 3.05) is 0 Å². The van der Waals surface area contributed by atoms with E-state index in [4.69, 9.17) is 0 Å². The highest BCUT2D eigenvalue weighted by molar-refractivity contribution is 7.16. The van der Waals surface area contributed by atoms with Crippen LogP contribution in [0.5, 0.6) is 0 Å². The van der Waals surface area contributed by atoms with E-state index in [9.17, 15) is 0 Å². The molecule has 0 radical (unpaired) electrons. The van der Waals surface area contributed by atoms with Gasteiger partial charge in [0, 0.05) is 12.8 Å². The van der Waals surface area contributed by atoms with Gasteiger partial charge in [-0.25, -0.2) is 0 Å². The Morgan fingerprint density at radius 1 is 1.10 bits per heavy atom. The summed E-state index contributed by atoms with van der Waals surface area (Å²) in [6, 6.07) is 10.6. The molecule has 0 bridgehead atoms. The zero-order chi connectivity index (χ0) is 14.7. The van der Waals surface area contributed by atoms with Gasteiger partial charge in [-0.3, -0.25) is 0 Å². The SMILES string of the molecule is CC(C)Cc1nn2c(CCCc3ccccc3)nnc2s1. The minimum atomic E-state index is 0.621. The molecule has 0 amide bonds. The summed E-state index contributed by atoms with van der Waals surface area (Å²) in [4.78, 5) is 0.917. The maximum Gasteiger partial charge on any atom is 0.234 e. The van der Waals surface area contributed by atoms with Gasteiger partial charge in [0.25, 0.3) is 0 Å². The molecule has 110 valence electrons. The van der Waals surface area contributed by atoms with Crippen molar-refractivity contribution in [3.05, 3.63) is 46.7 Å². The van der Waals surface area contributed by atoms with Gasteiger partial charge in [0.2, 0.25) is 4.96 Å². The average molecular weight is 300 g/mol. The minimum Gasteiger partial charge on any atom is -0.187 e. The number of benzene rings is 1. The summed E-state index contributed by atoms with van der Waals surface area (Å²) in [5, 5.41) is 14.3. The summed E-state index contributed by atoms with van der Waals surface area (Å²) >= 11 is 1.65. The lowest BCUT2D eigenvalue weighted by Gasteiger charge is -2.00. The van der Waals surface area contributed by atoms with E-state index >= 15 is 0 Å². The van der Waals surface area contributed by atoms with Crippen molar-refractivity contribution in [2.24, 2.45) is 5.92 Å². The first-order valence-corrected chi connectivity index (χ1v) is 8.28. The van der Waals surface area contributed by atoms with Crippen molar-refractivity contribution in [2.45, 2.75) is 39.5 Å². The second kappa shape index (κ2) is 6.35. The van der Waals surface area contributed by atoms with Gasteiger partial charge in [-0.2, -0.15) is 9.61 Å². The third-order valence-corrected chi connectivity index (χ3v) is 4.31. The summed E-state index contributed by atoms with van der Waals surface area (Å²) in [5.74, 6) is 1.60. The Kier molecular flexibility index (Phi) is 4.29. The van der Waals surface area contributed by atoms with Crippen LogP contribution in [0.1, 0.15) is 36.7 Å². The number of aromatic nitrogens is 4. The molecular formula is C16H20N4S. The number of aryl methyl sites for hydroxylation is 2. The third-order valence-electron chi connectivity index (χ3n) is 3.39. The molecule has 5 heteroatoms. The van der Waals surface area contributed by atoms with Crippen LogP contribution >= 0.6 is 11.3 Å². The average Bonchev–Trinajstić information content (AvgIpc) is 3.00. The van der Waals surface area contributed by atoms with Crippen LogP contribution in [0, 0.1) is 5.92 Å². The summed E-state index contributed by atoms with van der Waals surface area (Å²) < 4.78 is 1.92. The molecule has 4 nitrogen and oxygen atoms in total. The fourth-order valence-corrected chi connectivity index (χ4v) is 3.44. The Bertz CT molecular complexity index is 699. The molecule has 2 aromatic heterocycles. The van der Waals surface area contributed by atoms with E-state index in [-0.39, 0.29) is 0 Å². The Hall–Kier alpha value is -1.75. The fraction of sp³-hybridized carbons (Fsp3) is 0.438. The van der Waals surface area contributed by atoms with Gasteiger partial charge in [0.1, 0.15) is 5.01 Å². The number of nitrogens with zero attached hydrogens (tertiary/aromatic N) is 4. The monoisotopic (exact) mass is 300 g/mol. The lowest BCUT2D eigenvalue weighted by Crippen LogP contribution is -2.00. The molecule has 21 heavy (non-hydrogen) atoms. The van der Waals surface area contributed by atoms with Gasteiger partial charge < -0.3 is 0 Å².